The van der Waals surface area contributed by atoms with Crippen LogP contribution in [0.3, 0.4) is 0 Å². The molecule has 0 bridgehead atoms. The van der Waals surface area contributed by atoms with Gasteiger partial charge in [0.1, 0.15) is 0 Å². The van der Waals surface area contributed by atoms with E-state index in [1.54, 1.807) is 11.8 Å². The van der Waals surface area contributed by atoms with E-state index in [-0.39, 0.29) is 23.8 Å². The molecule has 0 aliphatic carbocycles. The Kier molecular flexibility index (Phi) is 5.23. The van der Waals surface area contributed by atoms with Gasteiger partial charge in [0.2, 0.25) is 11.8 Å². The predicted molar refractivity (Wildman–Crippen MR) is 93.4 cm³/mol. The third-order valence-electron chi connectivity index (χ3n) is 4.36. The quantitative estimate of drug-likeness (QED) is 0.882. The number of anilines is 1. The van der Waals surface area contributed by atoms with Crippen LogP contribution in [-0.4, -0.2) is 47.5 Å². The number of aryl methyl sites for hydroxylation is 1. The van der Waals surface area contributed by atoms with E-state index in [0.29, 0.717) is 6.42 Å². The fraction of sp³-hybridized carbons (Fsp3) is 0.529. The highest BCUT2D eigenvalue weighted by atomic mass is 32.2. The monoisotopic (exact) mass is 333 g/mol. The average molecular weight is 333 g/mol. The number of thioether (sulfide) groups is 1. The fourth-order valence-electron chi connectivity index (χ4n) is 3.16. The molecule has 2 unspecified atom stereocenters. The van der Waals surface area contributed by atoms with Crippen molar-refractivity contribution in [1.82, 2.24) is 10.2 Å². The first-order chi connectivity index (χ1) is 11.1. The molecule has 3 rings (SSSR count). The van der Waals surface area contributed by atoms with Crippen molar-refractivity contribution in [2.75, 3.05) is 30.0 Å². The lowest BCUT2D eigenvalue weighted by Gasteiger charge is -2.19. The number of amides is 2. The number of carbonyl (C=O) groups is 2. The van der Waals surface area contributed by atoms with E-state index in [0.717, 1.165) is 42.4 Å². The summed E-state index contributed by atoms with van der Waals surface area (Å²) in [6, 6.07) is 7.68. The van der Waals surface area contributed by atoms with Crippen LogP contribution >= 0.6 is 11.8 Å². The van der Waals surface area contributed by atoms with Crippen molar-refractivity contribution < 1.29 is 9.59 Å². The summed E-state index contributed by atoms with van der Waals surface area (Å²) in [6.07, 6.45) is 1.21. The second-order valence-electron chi connectivity index (χ2n) is 6.32. The Morgan fingerprint density at radius 1 is 1.43 bits per heavy atom. The molecule has 0 spiro atoms. The lowest BCUT2D eigenvalue weighted by Crippen LogP contribution is -2.42. The van der Waals surface area contributed by atoms with Gasteiger partial charge in [0.05, 0.1) is 11.9 Å². The summed E-state index contributed by atoms with van der Waals surface area (Å²) in [5.74, 6) is 2.27. The first-order valence-corrected chi connectivity index (χ1v) is 9.24. The molecule has 5 nitrogen and oxygen atoms in total. The molecular weight excluding hydrogens is 310 g/mol. The number of nitrogens with zero attached hydrogens (tertiary/aromatic N) is 1. The zero-order valence-electron chi connectivity index (χ0n) is 13.4. The van der Waals surface area contributed by atoms with Crippen LogP contribution in [0.5, 0.6) is 0 Å². The zero-order valence-corrected chi connectivity index (χ0v) is 14.2. The van der Waals surface area contributed by atoms with Crippen LogP contribution in [0.25, 0.3) is 0 Å². The van der Waals surface area contributed by atoms with Gasteiger partial charge in [-0.05, 0) is 43.5 Å². The van der Waals surface area contributed by atoms with E-state index in [4.69, 9.17) is 0 Å². The summed E-state index contributed by atoms with van der Waals surface area (Å²) >= 11 is 1.80. The molecule has 1 aromatic rings. The molecule has 0 saturated carbocycles. The van der Waals surface area contributed by atoms with Gasteiger partial charge in [-0.15, -0.1) is 11.8 Å². The Morgan fingerprint density at radius 3 is 3.04 bits per heavy atom. The Morgan fingerprint density at radius 2 is 2.30 bits per heavy atom. The second kappa shape index (κ2) is 7.36. The first-order valence-electron chi connectivity index (χ1n) is 8.08. The summed E-state index contributed by atoms with van der Waals surface area (Å²) < 4.78 is 0. The maximum Gasteiger partial charge on any atom is 0.240 e. The van der Waals surface area contributed by atoms with Crippen LogP contribution < -0.4 is 10.6 Å². The second-order valence-corrected chi connectivity index (χ2v) is 7.40. The van der Waals surface area contributed by atoms with Gasteiger partial charge < -0.3 is 15.5 Å². The number of nitrogens with one attached hydrogen (secondary N) is 2. The van der Waals surface area contributed by atoms with Gasteiger partial charge in [0, 0.05) is 24.4 Å². The maximum atomic E-state index is 12.4. The van der Waals surface area contributed by atoms with Crippen molar-refractivity contribution in [1.29, 1.82) is 0 Å². The van der Waals surface area contributed by atoms with E-state index in [2.05, 4.69) is 10.6 Å². The molecule has 0 radical (unpaired) electrons. The molecule has 23 heavy (non-hydrogen) atoms. The largest absolute Gasteiger partial charge is 0.331 e. The normalized spacial score (nSPS) is 24.0. The Bertz CT molecular complexity index is 587. The number of hydrogen-bond donors (Lipinski definition) is 2. The summed E-state index contributed by atoms with van der Waals surface area (Å²) in [5, 5.41) is 6.22. The van der Waals surface area contributed by atoms with Gasteiger partial charge in [-0.25, -0.2) is 0 Å². The summed E-state index contributed by atoms with van der Waals surface area (Å²) in [5.41, 5.74) is 1.96. The predicted octanol–water partition coefficient (Wildman–Crippen LogP) is 1.83. The Balaban J connectivity index is 1.47. The van der Waals surface area contributed by atoms with Crippen molar-refractivity contribution in [2.45, 2.75) is 25.8 Å². The van der Waals surface area contributed by atoms with E-state index in [1.807, 2.05) is 36.1 Å². The molecule has 2 saturated heterocycles. The molecule has 2 aliphatic rings. The molecule has 2 aliphatic heterocycles. The average Bonchev–Trinajstić information content (AvgIpc) is 3.17. The highest BCUT2D eigenvalue weighted by Crippen LogP contribution is 2.22. The standard InChI is InChI=1S/C17H23N3O2S/c1-12-3-2-4-14(7-12)19-16(21)9-13-8-15(18-10-13)17(22)20-5-6-23-11-20/h2-4,7,13,15,18H,5-6,8-11H2,1H3,(H,19,21). The van der Waals surface area contributed by atoms with Crippen LogP contribution in [0, 0.1) is 12.8 Å². The van der Waals surface area contributed by atoms with Crippen molar-refractivity contribution in [2.24, 2.45) is 5.92 Å². The van der Waals surface area contributed by atoms with E-state index < -0.39 is 0 Å². The molecule has 2 amide bonds. The van der Waals surface area contributed by atoms with Gasteiger partial charge in [-0.1, -0.05) is 12.1 Å². The van der Waals surface area contributed by atoms with E-state index in [1.165, 1.54) is 0 Å². The first kappa shape index (κ1) is 16.3. The molecule has 1 aromatic carbocycles. The number of benzene rings is 1. The van der Waals surface area contributed by atoms with Gasteiger partial charge in [-0.2, -0.15) is 0 Å². The van der Waals surface area contributed by atoms with Crippen molar-refractivity contribution in [3.8, 4) is 0 Å². The minimum absolute atomic E-state index is 0.0206. The highest BCUT2D eigenvalue weighted by molar-refractivity contribution is 7.99. The maximum absolute atomic E-state index is 12.4. The van der Waals surface area contributed by atoms with Crippen molar-refractivity contribution in [3.05, 3.63) is 29.8 Å². The van der Waals surface area contributed by atoms with Crippen LogP contribution in [0.15, 0.2) is 24.3 Å². The molecule has 124 valence electrons. The topological polar surface area (TPSA) is 61.4 Å². The summed E-state index contributed by atoms with van der Waals surface area (Å²) in [6.45, 7) is 3.59. The molecule has 2 N–H and O–H groups in total. The molecule has 0 aromatic heterocycles. The fourth-order valence-corrected chi connectivity index (χ4v) is 4.11. The van der Waals surface area contributed by atoms with Crippen LogP contribution in [0.4, 0.5) is 5.69 Å². The van der Waals surface area contributed by atoms with Gasteiger partial charge >= 0.3 is 0 Å². The van der Waals surface area contributed by atoms with E-state index in [9.17, 15) is 9.59 Å². The third-order valence-corrected chi connectivity index (χ3v) is 5.33. The van der Waals surface area contributed by atoms with Gasteiger partial charge in [0.15, 0.2) is 0 Å². The van der Waals surface area contributed by atoms with Gasteiger partial charge in [0.25, 0.3) is 0 Å². The zero-order chi connectivity index (χ0) is 16.2. The molecule has 2 atom stereocenters. The molecule has 6 heteroatoms. The summed E-state index contributed by atoms with van der Waals surface area (Å²) in [7, 11) is 0. The van der Waals surface area contributed by atoms with Crippen LogP contribution in [-0.2, 0) is 9.59 Å². The van der Waals surface area contributed by atoms with Crippen molar-refractivity contribution >= 4 is 29.3 Å². The minimum Gasteiger partial charge on any atom is -0.331 e. The molecular formula is C17H23N3O2S. The lowest BCUT2D eigenvalue weighted by molar-refractivity contribution is -0.131. The number of hydrogen-bond acceptors (Lipinski definition) is 4. The van der Waals surface area contributed by atoms with Crippen LogP contribution in [0.1, 0.15) is 18.4 Å². The van der Waals surface area contributed by atoms with Crippen molar-refractivity contribution in [3.63, 3.8) is 0 Å². The van der Waals surface area contributed by atoms with Crippen LogP contribution in [0.2, 0.25) is 0 Å². The third kappa shape index (κ3) is 4.26. The minimum atomic E-state index is -0.120. The Hall–Kier alpha value is -1.53. The van der Waals surface area contributed by atoms with Gasteiger partial charge in [-0.3, -0.25) is 9.59 Å². The number of rotatable bonds is 4. The molecule has 2 heterocycles. The van der Waals surface area contributed by atoms with E-state index >= 15 is 0 Å². The highest BCUT2D eigenvalue weighted by Gasteiger charge is 2.34. The SMILES string of the molecule is Cc1cccc(NC(=O)CC2CNC(C(=O)N3CCSC3)C2)c1. The Labute approximate surface area is 141 Å². The summed E-state index contributed by atoms with van der Waals surface area (Å²) in [4.78, 5) is 26.4. The molecule has 2 fully saturated rings. The lowest BCUT2D eigenvalue weighted by atomic mass is 10.0. The smallest absolute Gasteiger partial charge is 0.240 e. The number of carbonyl (C=O) groups excluding carboxylic acids is 2.